The fourth-order valence-electron chi connectivity index (χ4n) is 0.859. The van der Waals surface area contributed by atoms with Crippen LogP contribution in [-0.4, -0.2) is 17.3 Å². The van der Waals surface area contributed by atoms with Gasteiger partial charge in [-0.25, -0.2) is 0 Å². The van der Waals surface area contributed by atoms with Crippen molar-refractivity contribution in [1.29, 1.82) is 0 Å². The Balaban J connectivity index is -0.000000108. The third kappa shape index (κ3) is 51.7. The summed E-state index contributed by atoms with van der Waals surface area (Å²) in [5.41, 5.74) is 0. The molecule has 0 heterocycles. The van der Waals surface area contributed by atoms with Crippen LogP contribution < -0.4 is 15.3 Å². The van der Waals surface area contributed by atoms with Crippen LogP contribution in [0, 0.1) is 0 Å². The maximum atomic E-state index is 9.98. The first kappa shape index (κ1) is 28.4. The second kappa shape index (κ2) is 17.3. The van der Waals surface area contributed by atoms with Gasteiger partial charge < -0.3 is 15.3 Å². The second-order valence-corrected chi connectivity index (χ2v) is 4.10. The molecule has 0 atom stereocenters. The van der Waals surface area contributed by atoms with Gasteiger partial charge in [0.1, 0.15) is 0 Å². The molecule has 0 fully saturated rings. The quantitative estimate of drug-likeness (QED) is 0.390. The van der Waals surface area contributed by atoms with E-state index in [1.54, 1.807) is 0 Å². The van der Waals surface area contributed by atoms with E-state index in [9.17, 15) is 29.7 Å². The van der Waals surface area contributed by atoms with Crippen LogP contribution in [0.2, 0.25) is 0 Å². The summed E-state index contributed by atoms with van der Waals surface area (Å²) in [4.78, 5) is 29.9. The Kier molecular flexibility index (Phi) is 22.4. The fraction of sp³-hybridized carbons (Fsp3) is 0.400. The zero-order chi connectivity index (χ0) is 17.6. The van der Waals surface area contributed by atoms with Crippen LogP contribution in [0.15, 0.2) is 35.5 Å². The molecule has 0 aliphatic rings. The van der Waals surface area contributed by atoms with Crippen LogP contribution in [0.5, 0.6) is 0 Å². The van der Waals surface area contributed by atoms with Crippen LogP contribution in [0.4, 0.5) is 0 Å². The number of carbonyl (C=O) groups excluding carboxylic acids is 3. The molecular formula is C15H21IrO6. The van der Waals surface area contributed by atoms with Crippen LogP contribution in [0.25, 0.3) is 0 Å². The monoisotopic (exact) mass is 490 g/mol. The molecule has 0 saturated heterocycles. The smallest absolute Gasteiger partial charge is 0.876 e. The fourth-order valence-corrected chi connectivity index (χ4v) is 0.859. The van der Waals surface area contributed by atoms with Gasteiger partial charge >= 0.3 is 20.1 Å². The summed E-state index contributed by atoms with van der Waals surface area (Å²) in [6.45, 7) is 8.09. The van der Waals surface area contributed by atoms with Crippen molar-refractivity contribution < 1.29 is 49.8 Å². The van der Waals surface area contributed by atoms with Gasteiger partial charge in [0.15, 0.2) is 17.3 Å². The van der Waals surface area contributed by atoms with E-state index in [0.29, 0.717) is 0 Å². The molecular weight excluding hydrogens is 468 g/mol. The molecule has 7 heteroatoms. The van der Waals surface area contributed by atoms with Gasteiger partial charge in [0.05, 0.1) is 0 Å². The molecule has 6 nitrogen and oxygen atoms in total. The molecule has 0 aromatic heterocycles. The average Bonchev–Trinajstić information content (AvgIpc) is 2.10. The number of carbonyl (C=O) groups is 3. The van der Waals surface area contributed by atoms with Gasteiger partial charge in [0, 0.05) is 0 Å². The van der Waals surface area contributed by atoms with Gasteiger partial charge in [-0.05, 0) is 39.0 Å². The second-order valence-electron chi connectivity index (χ2n) is 4.10. The molecule has 0 bridgehead atoms. The minimum Gasteiger partial charge on any atom is -0.876 e. The van der Waals surface area contributed by atoms with Crippen molar-refractivity contribution in [2.24, 2.45) is 0 Å². The summed E-state index contributed by atoms with van der Waals surface area (Å²) >= 11 is 0. The summed E-state index contributed by atoms with van der Waals surface area (Å²) in [6, 6.07) is 0. The van der Waals surface area contributed by atoms with Gasteiger partial charge in [-0.3, -0.25) is 14.4 Å². The van der Waals surface area contributed by atoms with Gasteiger partial charge in [-0.1, -0.05) is 20.8 Å². The third-order valence-electron chi connectivity index (χ3n) is 1.22. The molecule has 0 aromatic rings. The SMILES string of the molecule is CC(=O)/C=C(/C)[O-].CC(=O)/C=C(/C)[O-].CC(=O)/C=C(/C)[O-].[Ir+3]. The van der Waals surface area contributed by atoms with E-state index >= 15 is 0 Å². The van der Waals surface area contributed by atoms with Crippen molar-refractivity contribution in [3.63, 3.8) is 0 Å². The largest absolute Gasteiger partial charge is 3.00 e. The summed E-state index contributed by atoms with van der Waals surface area (Å²) in [6.07, 6.45) is 3.17. The van der Waals surface area contributed by atoms with Gasteiger partial charge in [0.25, 0.3) is 0 Å². The van der Waals surface area contributed by atoms with E-state index in [4.69, 9.17) is 0 Å². The molecule has 0 spiro atoms. The Morgan fingerprint density at radius 1 is 0.545 bits per heavy atom. The van der Waals surface area contributed by atoms with E-state index in [-0.39, 0.29) is 54.7 Å². The zero-order valence-electron chi connectivity index (χ0n) is 13.5. The van der Waals surface area contributed by atoms with Gasteiger partial charge in [-0.15, -0.1) is 17.3 Å². The molecule has 0 aliphatic heterocycles. The number of allylic oxidation sites excluding steroid dienone is 6. The Hall–Kier alpha value is -1.72. The Labute approximate surface area is 144 Å². The van der Waals surface area contributed by atoms with Crippen molar-refractivity contribution in [1.82, 2.24) is 0 Å². The standard InChI is InChI=1S/3C5H8O2.Ir/c3*1-4(6)3-5(2)7;/h3*3,6H,1-2H3;/q;;;+3/p-3/b3*4-3-;. The molecule has 0 aliphatic carbocycles. The first-order chi connectivity index (χ1) is 9.38. The van der Waals surface area contributed by atoms with E-state index in [0.717, 1.165) is 18.2 Å². The summed E-state index contributed by atoms with van der Waals surface area (Å²) < 4.78 is 0. The number of hydrogen-bond donors (Lipinski definition) is 0. The summed E-state index contributed by atoms with van der Waals surface area (Å²) in [7, 11) is 0. The third-order valence-corrected chi connectivity index (χ3v) is 1.22. The van der Waals surface area contributed by atoms with Crippen molar-refractivity contribution in [2.75, 3.05) is 0 Å². The average molecular weight is 490 g/mol. The molecule has 0 radical (unpaired) electrons. The van der Waals surface area contributed by atoms with Crippen molar-refractivity contribution in [3.05, 3.63) is 35.5 Å². The van der Waals surface area contributed by atoms with E-state index in [1.807, 2.05) is 0 Å². The molecule has 0 amide bonds. The molecule has 22 heavy (non-hydrogen) atoms. The number of rotatable bonds is 3. The normalized spacial score (nSPS) is 10.9. The topological polar surface area (TPSA) is 120 Å². The van der Waals surface area contributed by atoms with Crippen molar-refractivity contribution in [3.8, 4) is 0 Å². The van der Waals surface area contributed by atoms with Crippen LogP contribution in [0.1, 0.15) is 41.5 Å². The summed E-state index contributed by atoms with van der Waals surface area (Å²) in [5, 5.41) is 29.9. The first-order valence-electron chi connectivity index (χ1n) is 5.96. The van der Waals surface area contributed by atoms with Crippen LogP contribution >= 0.6 is 0 Å². The van der Waals surface area contributed by atoms with Crippen LogP contribution in [0.3, 0.4) is 0 Å². The maximum Gasteiger partial charge on any atom is 3.00 e. The Bertz CT molecular complexity index is 368. The van der Waals surface area contributed by atoms with E-state index in [1.165, 1.54) is 41.5 Å². The van der Waals surface area contributed by atoms with Gasteiger partial charge in [0.2, 0.25) is 0 Å². The zero-order valence-corrected chi connectivity index (χ0v) is 15.9. The molecule has 0 aromatic carbocycles. The summed E-state index contributed by atoms with van der Waals surface area (Å²) in [5.74, 6) is -1.12. The first-order valence-corrected chi connectivity index (χ1v) is 5.96. The Morgan fingerprint density at radius 3 is 0.682 bits per heavy atom. The minimum atomic E-state index is -0.187. The van der Waals surface area contributed by atoms with Crippen molar-refractivity contribution in [2.45, 2.75) is 41.5 Å². The van der Waals surface area contributed by atoms with Gasteiger partial charge in [-0.2, -0.15) is 0 Å². The van der Waals surface area contributed by atoms with E-state index in [2.05, 4.69) is 0 Å². The number of hydrogen-bond acceptors (Lipinski definition) is 6. The van der Waals surface area contributed by atoms with Crippen molar-refractivity contribution >= 4 is 17.3 Å². The molecule has 0 saturated carbocycles. The molecule has 126 valence electrons. The maximum absolute atomic E-state index is 9.98. The Morgan fingerprint density at radius 2 is 0.682 bits per heavy atom. The molecule has 0 unspecified atom stereocenters. The number of ketones is 3. The molecule has 0 rings (SSSR count). The predicted octanol–water partition coefficient (Wildman–Crippen LogP) is -0.484. The van der Waals surface area contributed by atoms with E-state index < -0.39 is 0 Å². The van der Waals surface area contributed by atoms with Crippen LogP contribution in [-0.2, 0) is 34.5 Å². The molecule has 0 N–H and O–H groups in total. The minimum absolute atomic E-state index is 0. The predicted molar refractivity (Wildman–Crippen MR) is 73.3 cm³/mol.